The Kier molecular flexibility index (Phi) is 11.7. The first kappa shape index (κ1) is 29.6. The Morgan fingerprint density at radius 3 is 2.00 bits per heavy atom. The number of carbonyl (C=O) groups is 5. The van der Waals surface area contributed by atoms with Gasteiger partial charge in [0.25, 0.3) is 0 Å². The minimum Gasteiger partial charge on any atom is -0.506 e. The monoisotopic (exact) mass is 510 g/mol. The van der Waals surface area contributed by atoms with Gasteiger partial charge in [0.05, 0.1) is 25.3 Å². The highest BCUT2D eigenvalue weighted by Crippen LogP contribution is 2.32. The molecule has 0 aromatic rings. The first-order valence-electron chi connectivity index (χ1n) is 12.9. The molecule has 1 aliphatic carbocycles. The molecule has 0 aromatic heterocycles. The van der Waals surface area contributed by atoms with E-state index in [-0.39, 0.29) is 24.3 Å². The molecule has 0 spiro atoms. The Hall–Kier alpha value is -2.63. The number of hydrogen-bond donors (Lipinski definition) is 4. The summed E-state index contributed by atoms with van der Waals surface area (Å²) in [5, 5.41) is 23.8. The Morgan fingerprint density at radius 2 is 1.50 bits per heavy atom. The first-order valence-corrected chi connectivity index (χ1v) is 12.9. The number of nitrogens with one attached hydrogen (secondary N) is 2. The van der Waals surface area contributed by atoms with E-state index in [1.165, 1.54) is 19.3 Å². The summed E-state index contributed by atoms with van der Waals surface area (Å²) in [5.74, 6) is -5.54. The quantitative estimate of drug-likeness (QED) is 0.304. The standard InChI is InChI=1S/C24H39BN2O9/c1-16(2)12-18(25-35-23(34)24(36-25,13-20(29)30)14-21(31)32)27-19(28)15-26-22(33)17-10-8-6-4-3-5-7-9-11-17/h16-18H,3-15H2,1-2H3,(H,26,33)(H,27,28)(H,29,30)(H,31,32)/t18-/m0/s1. The normalized spacial score (nSPS) is 19.9. The van der Waals surface area contributed by atoms with Crippen LogP contribution in [0, 0.1) is 11.8 Å². The predicted octanol–water partition coefficient (Wildman–Crippen LogP) is 2.06. The molecule has 202 valence electrons. The van der Waals surface area contributed by atoms with E-state index in [9.17, 15) is 34.2 Å². The highest BCUT2D eigenvalue weighted by atomic mass is 16.7. The van der Waals surface area contributed by atoms with Gasteiger partial charge in [0.2, 0.25) is 11.8 Å². The molecular weight excluding hydrogens is 471 g/mol. The zero-order valence-corrected chi connectivity index (χ0v) is 21.3. The number of amides is 2. The lowest BCUT2D eigenvalue weighted by Gasteiger charge is -2.24. The molecule has 11 nitrogen and oxygen atoms in total. The smallest absolute Gasteiger partial charge is 0.506 e. The van der Waals surface area contributed by atoms with Crippen LogP contribution in [0.15, 0.2) is 0 Å². The van der Waals surface area contributed by atoms with Crippen LogP contribution in [0.1, 0.15) is 90.9 Å². The Morgan fingerprint density at radius 1 is 0.972 bits per heavy atom. The molecule has 2 fully saturated rings. The second kappa shape index (κ2) is 14.2. The van der Waals surface area contributed by atoms with Gasteiger partial charge in [-0.2, -0.15) is 0 Å². The van der Waals surface area contributed by atoms with Crippen molar-refractivity contribution in [2.75, 3.05) is 6.54 Å². The molecule has 1 heterocycles. The summed E-state index contributed by atoms with van der Waals surface area (Å²) in [6, 6.07) is 0. The molecule has 0 radical (unpaired) electrons. The summed E-state index contributed by atoms with van der Waals surface area (Å²) in [6.45, 7) is 3.48. The Bertz CT molecular complexity index is 778. The summed E-state index contributed by atoms with van der Waals surface area (Å²) in [7, 11) is -1.35. The van der Waals surface area contributed by atoms with Gasteiger partial charge in [0, 0.05) is 5.92 Å². The summed E-state index contributed by atoms with van der Waals surface area (Å²) in [6.07, 6.45) is 7.93. The lowest BCUT2D eigenvalue weighted by Crippen LogP contribution is -2.52. The third kappa shape index (κ3) is 9.44. The van der Waals surface area contributed by atoms with E-state index >= 15 is 0 Å². The lowest BCUT2D eigenvalue weighted by atomic mass is 9.74. The van der Waals surface area contributed by atoms with Crippen molar-refractivity contribution in [2.24, 2.45) is 11.8 Å². The van der Waals surface area contributed by atoms with Crippen LogP contribution >= 0.6 is 0 Å². The van der Waals surface area contributed by atoms with E-state index in [1.54, 1.807) is 0 Å². The minimum absolute atomic E-state index is 0.0316. The highest BCUT2D eigenvalue weighted by Gasteiger charge is 2.57. The van der Waals surface area contributed by atoms with Gasteiger partial charge < -0.3 is 30.2 Å². The van der Waals surface area contributed by atoms with Crippen molar-refractivity contribution >= 4 is 36.8 Å². The Balaban J connectivity index is 1.99. The van der Waals surface area contributed by atoms with Gasteiger partial charge in [-0.1, -0.05) is 58.8 Å². The summed E-state index contributed by atoms with van der Waals surface area (Å²) >= 11 is 0. The van der Waals surface area contributed by atoms with E-state index in [2.05, 4.69) is 10.6 Å². The van der Waals surface area contributed by atoms with Gasteiger partial charge in [-0.05, 0) is 25.2 Å². The Labute approximate surface area is 212 Å². The molecule has 12 heteroatoms. The highest BCUT2D eigenvalue weighted by molar-refractivity contribution is 6.51. The number of carboxylic acids is 2. The third-order valence-corrected chi connectivity index (χ3v) is 6.61. The number of carbonyl (C=O) groups excluding carboxylic acids is 3. The van der Waals surface area contributed by atoms with Crippen LogP contribution in [-0.2, 0) is 33.3 Å². The molecule has 2 aliphatic rings. The summed E-state index contributed by atoms with van der Waals surface area (Å²) in [5.41, 5.74) is -2.17. The molecule has 2 amide bonds. The fourth-order valence-corrected chi connectivity index (χ4v) is 4.84. The molecule has 0 bridgehead atoms. The van der Waals surface area contributed by atoms with Crippen molar-refractivity contribution in [3.8, 4) is 0 Å². The molecule has 1 saturated heterocycles. The van der Waals surface area contributed by atoms with Crippen molar-refractivity contribution in [3.05, 3.63) is 0 Å². The number of hydrogen-bond acceptors (Lipinski definition) is 7. The average molecular weight is 510 g/mol. The van der Waals surface area contributed by atoms with Crippen molar-refractivity contribution < 1.29 is 43.5 Å². The minimum atomic E-state index is -2.17. The molecule has 1 saturated carbocycles. The van der Waals surface area contributed by atoms with Gasteiger partial charge in [-0.25, -0.2) is 0 Å². The van der Waals surface area contributed by atoms with Crippen molar-refractivity contribution in [1.82, 2.24) is 10.6 Å². The molecule has 1 atom stereocenters. The van der Waals surface area contributed by atoms with E-state index in [0.717, 1.165) is 38.5 Å². The molecule has 36 heavy (non-hydrogen) atoms. The zero-order valence-electron chi connectivity index (χ0n) is 21.3. The van der Waals surface area contributed by atoms with Crippen molar-refractivity contribution in [2.45, 2.75) is 102 Å². The fraction of sp³-hybridized carbons (Fsp3) is 0.792. The topological polar surface area (TPSA) is 168 Å². The SMILES string of the molecule is CC(C)C[C@H](NC(=O)CNC(=O)C1CCCCCCCCC1)B1OC(=O)C(CC(=O)O)(CC(=O)O)O1. The van der Waals surface area contributed by atoms with Gasteiger partial charge in [-0.3, -0.25) is 24.0 Å². The van der Waals surface area contributed by atoms with Gasteiger partial charge >= 0.3 is 25.0 Å². The van der Waals surface area contributed by atoms with E-state index in [1.807, 2.05) is 13.8 Å². The van der Waals surface area contributed by atoms with E-state index in [4.69, 9.17) is 9.31 Å². The molecule has 1 aliphatic heterocycles. The van der Waals surface area contributed by atoms with Crippen molar-refractivity contribution in [1.29, 1.82) is 0 Å². The van der Waals surface area contributed by atoms with Crippen LogP contribution in [0.3, 0.4) is 0 Å². The van der Waals surface area contributed by atoms with Crippen LogP contribution in [-0.4, -0.2) is 65.1 Å². The van der Waals surface area contributed by atoms with Crippen LogP contribution in [0.5, 0.6) is 0 Å². The van der Waals surface area contributed by atoms with Gasteiger partial charge in [0.15, 0.2) is 5.60 Å². The third-order valence-electron chi connectivity index (χ3n) is 6.61. The lowest BCUT2D eigenvalue weighted by molar-refractivity contribution is -0.157. The fourth-order valence-electron chi connectivity index (χ4n) is 4.84. The second-order valence-corrected chi connectivity index (χ2v) is 10.3. The van der Waals surface area contributed by atoms with E-state index < -0.39 is 55.3 Å². The van der Waals surface area contributed by atoms with Gasteiger partial charge in [0.1, 0.15) is 0 Å². The molecular formula is C24H39BN2O9. The van der Waals surface area contributed by atoms with E-state index in [0.29, 0.717) is 6.42 Å². The average Bonchev–Trinajstić information content (AvgIpc) is 3.09. The van der Waals surface area contributed by atoms with Crippen LogP contribution in [0.25, 0.3) is 0 Å². The number of carboxylic acid groups (broad SMARTS) is 2. The molecule has 0 aromatic carbocycles. The van der Waals surface area contributed by atoms with Crippen LogP contribution in [0.2, 0.25) is 0 Å². The van der Waals surface area contributed by atoms with Crippen LogP contribution in [0.4, 0.5) is 0 Å². The zero-order chi connectivity index (χ0) is 26.7. The summed E-state index contributed by atoms with van der Waals surface area (Å²) in [4.78, 5) is 60.5. The largest absolute Gasteiger partial charge is 0.552 e. The van der Waals surface area contributed by atoms with Gasteiger partial charge in [-0.15, -0.1) is 0 Å². The summed E-state index contributed by atoms with van der Waals surface area (Å²) < 4.78 is 10.8. The number of aliphatic carboxylic acids is 2. The first-order chi connectivity index (χ1) is 17.0. The molecule has 4 N–H and O–H groups in total. The maximum atomic E-state index is 12.7. The van der Waals surface area contributed by atoms with Crippen LogP contribution < -0.4 is 10.6 Å². The maximum Gasteiger partial charge on any atom is 0.552 e. The molecule has 0 unspecified atom stereocenters. The maximum absolute atomic E-state index is 12.7. The molecule has 2 rings (SSSR count). The predicted molar refractivity (Wildman–Crippen MR) is 130 cm³/mol. The second-order valence-electron chi connectivity index (χ2n) is 10.3. The number of rotatable bonds is 11. The van der Waals surface area contributed by atoms with Crippen molar-refractivity contribution in [3.63, 3.8) is 0 Å².